The van der Waals surface area contributed by atoms with Gasteiger partial charge in [0.25, 0.3) is 0 Å². The van der Waals surface area contributed by atoms with E-state index in [1.807, 2.05) is 6.92 Å². The Hall–Kier alpha value is -0.440. The molecule has 4 heteroatoms. The molecule has 1 aliphatic rings. The molecule has 0 aromatic heterocycles. The van der Waals surface area contributed by atoms with Crippen LogP contribution in [0.15, 0.2) is 0 Å². The second-order valence-electron chi connectivity index (χ2n) is 3.84. The van der Waals surface area contributed by atoms with Crippen LogP contribution < -0.4 is 5.32 Å². The van der Waals surface area contributed by atoms with Crippen molar-refractivity contribution in [3.05, 3.63) is 0 Å². The van der Waals surface area contributed by atoms with Crippen LogP contribution in [0.3, 0.4) is 0 Å². The number of amides is 1. The molecule has 1 fully saturated rings. The fourth-order valence-electron chi connectivity index (χ4n) is 2.00. The van der Waals surface area contributed by atoms with Crippen molar-refractivity contribution in [3.8, 4) is 0 Å². The number of carbonyl (C=O) groups is 1. The lowest BCUT2D eigenvalue weighted by Gasteiger charge is -2.38. The number of cyclic esters (lactones) is 1. The van der Waals surface area contributed by atoms with Crippen molar-refractivity contribution in [2.75, 3.05) is 5.88 Å². The summed E-state index contributed by atoms with van der Waals surface area (Å²) in [5.41, 5.74) is 0. The second kappa shape index (κ2) is 4.18. The molecule has 1 N–H and O–H groups in total. The number of hydrogen-bond donors (Lipinski definition) is 1. The number of alkyl carbamates (subject to hydrolysis) is 1. The zero-order chi connectivity index (χ0) is 10.0. The van der Waals surface area contributed by atoms with Crippen LogP contribution in [0.1, 0.15) is 20.8 Å². The van der Waals surface area contributed by atoms with E-state index < -0.39 is 0 Å². The lowest BCUT2D eigenvalue weighted by Crippen LogP contribution is -2.54. The van der Waals surface area contributed by atoms with E-state index in [4.69, 9.17) is 16.3 Å². The summed E-state index contributed by atoms with van der Waals surface area (Å²) in [5, 5.41) is 2.73. The van der Waals surface area contributed by atoms with Gasteiger partial charge in [0.05, 0.1) is 6.04 Å². The highest BCUT2D eigenvalue weighted by Crippen LogP contribution is 2.26. The van der Waals surface area contributed by atoms with Gasteiger partial charge in [0, 0.05) is 11.8 Å². The molecule has 1 heterocycles. The van der Waals surface area contributed by atoms with Gasteiger partial charge in [0.2, 0.25) is 0 Å². The number of rotatable bonds is 2. The third-order valence-corrected chi connectivity index (χ3v) is 2.87. The van der Waals surface area contributed by atoms with Crippen LogP contribution in [0.5, 0.6) is 0 Å². The Morgan fingerprint density at radius 3 is 2.69 bits per heavy atom. The summed E-state index contributed by atoms with van der Waals surface area (Å²) in [6, 6.07) is 0.0397. The summed E-state index contributed by atoms with van der Waals surface area (Å²) in [6.07, 6.45) is -0.396. The molecule has 3 atom stereocenters. The number of halogens is 1. The van der Waals surface area contributed by atoms with Crippen LogP contribution in [0.25, 0.3) is 0 Å². The van der Waals surface area contributed by atoms with E-state index in [2.05, 4.69) is 19.2 Å². The molecule has 0 aromatic rings. The predicted octanol–water partition coefficient (Wildman–Crippen LogP) is 1.99. The number of carbonyl (C=O) groups excluding carboxylic acids is 1. The van der Waals surface area contributed by atoms with E-state index in [0.717, 1.165) is 0 Å². The molecule has 76 valence electrons. The molecule has 0 bridgehead atoms. The highest BCUT2D eigenvalue weighted by molar-refractivity contribution is 6.18. The first-order valence-corrected chi connectivity index (χ1v) is 5.12. The van der Waals surface area contributed by atoms with E-state index in [1.165, 1.54) is 0 Å². The monoisotopic (exact) mass is 205 g/mol. The van der Waals surface area contributed by atoms with Crippen molar-refractivity contribution in [2.45, 2.75) is 32.9 Å². The molecule has 0 saturated carbocycles. The first-order valence-electron chi connectivity index (χ1n) is 4.59. The smallest absolute Gasteiger partial charge is 0.407 e. The van der Waals surface area contributed by atoms with E-state index in [9.17, 15) is 4.79 Å². The Balaban J connectivity index is 2.71. The van der Waals surface area contributed by atoms with Crippen LogP contribution in [-0.2, 0) is 4.74 Å². The molecule has 1 saturated heterocycles. The summed E-state index contributed by atoms with van der Waals surface area (Å²) in [7, 11) is 0. The topological polar surface area (TPSA) is 38.3 Å². The zero-order valence-corrected chi connectivity index (χ0v) is 8.97. The molecule has 1 rings (SSSR count). The van der Waals surface area contributed by atoms with Gasteiger partial charge in [0.1, 0.15) is 6.10 Å². The average molecular weight is 206 g/mol. The van der Waals surface area contributed by atoms with Crippen molar-refractivity contribution < 1.29 is 9.53 Å². The Morgan fingerprint density at radius 2 is 2.23 bits per heavy atom. The van der Waals surface area contributed by atoms with Crippen molar-refractivity contribution in [1.82, 2.24) is 5.32 Å². The average Bonchev–Trinajstić information content (AvgIpc) is 2.01. The van der Waals surface area contributed by atoms with Gasteiger partial charge < -0.3 is 10.1 Å². The first kappa shape index (κ1) is 10.6. The third kappa shape index (κ3) is 2.27. The van der Waals surface area contributed by atoms with E-state index in [1.54, 1.807) is 0 Å². The Kier molecular flexibility index (Phi) is 3.42. The zero-order valence-electron chi connectivity index (χ0n) is 8.21. The lowest BCUT2D eigenvalue weighted by atomic mass is 9.84. The van der Waals surface area contributed by atoms with E-state index in [0.29, 0.717) is 17.7 Å². The maximum atomic E-state index is 11.0. The molecule has 0 aromatic carbocycles. The normalized spacial score (nSPS) is 34.2. The van der Waals surface area contributed by atoms with Gasteiger partial charge in [-0.15, -0.1) is 11.6 Å². The van der Waals surface area contributed by atoms with Gasteiger partial charge in [-0.25, -0.2) is 4.79 Å². The Labute approximate surface area is 83.8 Å². The standard InChI is InChI=1S/C9H16ClNO2/c1-5(2)8-6(3)13-9(12)11-7(8)4-10/h5-8H,4H2,1-3H3,(H,11,12)/t6-,7+,8-/m0/s1. The highest BCUT2D eigenvalue weighted by Gasteiger charge is 2.36. The molecule has 3 nitrogen and oxygen atoms in total. The van der Waals surface area contributed by atoms with E-state index in [-0.39, 0.29) is 18.2 Å². The lowest BCUT2D eigenvalue weighted by molar-refractivity contribution is 0.0128. The minimum Gasteiger partial charge on any atom is -0.446 e. The molecule has 0 spiro atoms. The van der Waals surface area contributed by atoms with Crippen molar-refractivity contribution in [1.29, 1.82) is 0 Å². The fourth-order valence-corrected chi connectivity index (χ4v) is 2.29. The largest absolute Gasteiger partial charge is 0.446 e. The van der Waals surface area contributed by atoms with Crippen LogP contribution in [0.4, 0.5) is 4.79 Å². The second-order valence-corrected chi connectivity index (χ2v) is 4.15. The quantitative estimate of drug-likeness (QED) is 0.701. The van der Waals surface area contributed by atoms with Crippen LogP contribution in [0.2, 0.25) is 0 Å². The van der Waals surface area contributed by atoms with Gasteiger partial charge in [-0.3, -0.25) is 0 Å². The molecule has 1 aliphatic heterocycles. The molecular formula is C9H16ClNO2. The van der Waals surface area contributed by atoms with Crippen molar-refractivity contribution in [2.24, 2.45) is 11.8 Å². The highest BCUT2D eigenvalue weighted by atomic mass is 35.5. The van der Waals surface area contributed by atoms with Crippen LogP contribution in [-0.4, -0.2) is 24.1 Å². The summed E-state index contributed by atoms with van der Waals surface area (Å²) < 4.78 is 5.08. The molecule has 0 unspecified atom stereocenters. The minimum absolute atomic E-state index is 0.0397. The summed E-state index contributed by atoms with van der Waals surface area (Å²) in [6.45, 7) is 6.14. The summed E-state index contributed by atoms with van der Waals surface area (Å²) in [5.74, 6) is 1.21. The van der Waals surface area contributed by atoms with Gasteiger partial charge in [0.15, 0.2) is 0 Å². The SMILES string of the molecule is CC(C)[C@H]1[C@H](C)OC(=O)N[C@@H]1CCl. The number of hydrogen-bond acceptors (Lipinski definition) is 2. The number of ether oxygens (including phenoxy) is 1. The maximum Gasteiger partial charge on any atom is 0.407 e. The number of alkyl halides is 1. The Morgan fingerprint density at radius 1 is 1.62 bits per heavy atom. The molecule has 0 radical (unpaired) electrons. The van der Waals surface area contributed by atoms with Crippen molar-refractivity contribution in [3.63, 3.8) is 0 Å². The van der Waals surface area contributed by atoms with Gasteiger partial charge in [-0.2, -0.15) is 0 Å². The van der Waals surface area contributed by atoms with Gasteiger partial charge >= 0.3 is 6.09 Å². The molecular weight excluding hydrogens is 190 g/mol. The Bertz CT molecular complexity index is 196. The van der Waals surface area contributed by atoms with Gasteiger partial charge in [-0.1, -0.05) is 13.8 Å². The molecule has 1 amide bonds. The third-order valence-electron chi connectivity index (χ3n) is 2.54. The van der Waals surface area contributed by atoms with Crippen LogP contribution in [0, 0.1) is 11.8 Å². The van der Waals surface area contributed by atoms with Crippen LogP contribution >= 0.6 is 11.6 Å². The minimum atomic E-state index is -0.352. The summed E-state index contributed by atoms with van der Waals surface area (Å²) in [4.78, 5) is 11.0. The fraction of sp³-hybridized carbons (Fsp3) is 0.889. The van der Waals surface area contributed by atoms with Gasteiger partial charge in [-0.05, 0) is 12.8 Å². The van der Waals surface area contributed by atoms with Crippen molar-refractivity contribution >= 4 is 17.7 Å². The molecule has 13 heavy (non-hydrogen) atoms. The predicted molar refractivity (Wildman–Crippen MR) is 51.9 cm³/mol. The first-order chi connectivity index (χ1) is 6.06. The van der Waals surface area contributed by atoms with E-state index >= 15 is 0 Å². The molecule has 0 aliphatic carbocycles. The summed E-state index contributed by atoms with van der Waals surface area (Å²) >= 11 is 5.78. The number of nitrogens with one attached hydrogen (secondary N) is 1. The maximum absolute atomic E-state index is 11.0.